The summed E-state index contributed by atoms with van der Waals surface area (Å²) in [5.74, 6) is -0.493. The molecule has 0 aliphatic rings. The number of nitrogens with one attached hydrogen (secondary N) is 2. The van der Waals surface area contributed by atoms with Crippen LogP contribution in [0.2, 0.25) is 0 Å². The van der Waals surface area contributed by atoms with E-state index in [9.17, 15) is 14.3 Å². The highest BCUT2D eigenvalue weighted by atomic mass is 19.1. The van der Waals surface area contributed by atoms with Crippen molar-refractivity contribution in [3.63, 3.8) is 0 Å². The molecule has 0 fully saturated rings. The van der Waals surface area contributed by atoms with Gasteiger partial charge in [-0.15, -0.1) is 0 Å². The molecular weight excluding hydrogens is 321 g/mol. The van der Waals surface area contributed by atoms with E-state index in [2.05, 4.69) is 16.7 Å². The molecule has 0 heterocycles. The Labute approximate surface area is 147 Å². The van der Waals surface area contributed by atoms with Gasteiger partial charge in [0.25, 0.3) is 0 Å². The summed E-state index contributed by atoms with van der Waals surface area (Å²) in [6.45, 7) is 2.30. The van der Waals surface area contributed by atoms with E-state index in [0.29, 0.717) is 6.54 Å². The Morgan fingerprint density at radius 2 is 1.92 bits per heavy atom. The lowest BCUT2D eigenvalue weighted by Gasteiger charge is -2.19. The monoisotopic (exact) mass is 345 g/mol. The third-order valence-corrected chi connectivity index (χ3v) is 3.88. The number of hydrogen-bond acceptors (Lipinski definition) is 3. The van der Waals surface area contributed by atoms with Gasteiger partial charge in [-0.05, 0) is 30.2 Å². The second kappa shape index (κ2) is 8.48. The first kappa shape index (κ1) is 18.7. The highest BCUT2D eigenvalue weighted by molar-refractivity contribution is 5.74. The largest absolute Gasteiger partial charge is 0.386 e. The summed E-state index contributed by atoms with van der Waals surface area (Å²) in [4.78, 5) is 13.9. The van der Waals surface area contributed by atoms with Gasteiger partial charge in [-0.25, -0.2) is 9.18 Å². The number of aliphatic hydroxyl groups excluding tert-OH is 1. The van der Waals surface area contributed by atoms with Crippen LogP contribution >= 0.6 is 0 Å². The van der Waals surface area contributed by atoms with Crippen LogP contribution in [0.1, 0.15) is 22.8 Å². The van der Waals surface area contributed by atoms with Gasteiger partial charge in [0, 0.05) is 38.4 Å². The molecule has 2 amide bonds. The summed E-state index contributed by atoms with van der Waals surface area (Å²) in [6, 6.07) is 11.6. The standard InChI is InChI=1S/C19H24FN3O2/c1-13-8-9-14(17(10-13)23(2)3)11-21-19(25)22-12-18(24)15-6-4-5-7-16(15)20/h4-10,18,24H,11-12H2,1-3H3,(H2,21,22,25). The van der Waals surface area contributed by atoms with Gasteiger partial charge < -0.3 is 20.6 Å². The molecule has 0 saturated heterocycles. The summed E-state index contributed by atoms with van der Waals surface area (Å²) in [6.07, 6.45) is -1.09. The van der Waals surface area contributed by atoms with Gasteiger partial charge in [-0.2, -0.15) is 0 Å². The molecule has 0 bridgehead atoms. The number of urea groups is 1. The minimum absolute atomic E-state index is 0.0683. The molecule has 3 N–H and O–H groups in total. The second-order valence-electron chi connectivity index (χ2n) is 6.13. The van der Waals surface area contributed by atoms with Crippen LogP contribution in [-0.2, 0) is 6.54 Å². The van der Waals surface area contributed by atoms with Gasteiger partial charge in [0.05, 0.1) is 6.10 Å². The molecule has 0 radical (unpaired) electrons. The van der Waals surface area contributed by atoms with E-state index >= 15 is 0 Å². The van der Waals surface area contributed by atoms with Crippen molar-refractivity contribution in [2.24, 2.45) is 0 Å². The molecule has 2 aromatic carbocycles. The van der Waals surface area contributed by atoms with E-state index in [1.54, 1.807) is 12.1 Å². The fourth-order valence-corrected chi connectivity index (χ4v) is 2.52. The normalized spacial score (nSPS) is 11.7. The summed E-state index contributed by atoms with van der Waals surface area (Å²) in [5, 5.41) is 15.3. The number of benzene rings is 2. The van der Waals surface area contributed by atoms with Crippen molar-refractivity contribution >= 4 is 11.7 Å². The topological polar surface area (TPSA) is 64.6 Å². The van der Waals surface area contributed by atoms with Crippen molar-refractivity contribution in [2.45, 2.75) is 19.6 Å². The Kier molecular flexibility index (Phi) is 6.36. The van der Waals surface area contributed by atoms with Gasteiger partial charge in [0.15, 0.2) is 0 Å². The van der Waals surface area contributed by atoms with E-state index in [4.69, 9.17) is 0 Å². The lowest BCUT2D eigenvalue weighted by atomic mass is 10.1. The zero-order chi connectivity index (χ0) is 18.4. The molecular formula is C19H24FN3O2. The predicted octanol–water partition coefficient (Wildman–Crippen LogP) is 2.73. The molecule has 25 heavy (non-hydrogen) atoms. The van der Waals surface area contributed by atoms with Crippen molar-refractivity contribution in [3.8, 4) is 0 Å². The number of rotatable bonds is 6. The first-order valence-electron chi connectivity index (χ1n) is 8.09. The quantitative estimate of drug-likeness (QED) is 0.754. The summed E-state index contributed by atoms with van der Waals surface area (Å²) in [5.41, 5.74) is 3.33. The van der Waals surface area contributed by atoms with E-state index in [-0.39, 0.29) is 12.1 Å². The van der Waals surface area contributed by atoms with Crippen LogP contribution in [0, 0.1) is 12.7 Å². The zero-order valence-corrected chi connectivity index (χ0v) is 14.7. The lowest BCUT2D eigenvalue weighted by molar-refractivity contribution is 0.169. The maximum Gasteiger partial charge on any atom is 0.315 e. The van der Waals surface area contributed by atoms with E-state index in [1.807, 2.05) is 38.1 Å². The summed E-state index contributed by atoms with van der Waals surface area (Å²) >= 11 is 0. The zero-order valence-electron chi connectivity index (χ0n) is 14.7. The molecule has 6 heteroatoms. The Balaban J connectivity index is 1.88. The Hall–Kier alpha value is -2.60. The number of carbonyl (C=O) groups excluding carboxylic acids is 1. The average Bonchev–Trinajstić information content (AvgIpc) is 2.58. The molecule has 2 rings (SSSR count). The number of aliphatic hydroxyl groups is 1. The number of amides is 2. The molecule has 2 aromatic rings. The number of nitrogens with zero attached hydrogens (tertiary/aromatic N) is 1. The number of aryl methyl sites for hydroxylation is 1. The van der Waals surface area contributed by atoms with Crippen molar-refractivity contribution in [2.75, 3.05) is 25.5 Å². The number of halogens is 1. The van der Waals surface area contributed by atoms with Gasteiger partial charge in [-0.1, -0.05) is 30.3 Å². The van der Waals surface area contributed by atoms with Gasteiger partial charge >= 0.3 is 6.03 Å². The van der Waals surface area contributed by atoms with Gasteiger partial charge in [-0.3, -0.25) is 0 Å². The summed E-state index contributed by atoms with van der Waals surface area (Å²) in [7, 11) is 3.90. The SMILES string of the molecule is Cc1ccc(CNC(=O)NCC(O)c2ccccc2F)c(N(C)C)c1. The Bertz CT molecular complexity index is 734. The number of anilines is 1. The van der Waals surface area contributed by atoms with Gasteiger partial charge in [0.2, 0.25) is 0 Å². The first-order valence-corrected chi connectivity index (χ1v) is 8.09. The maximum absolute atomic E-state index is 13.6. The van der Waals surface area contributed by atoms with Crippen LogP contribution in [0.25, 0.3) is 0 Å². The van der Waals surface area contributed by atoms with Crippen molar-refractivity contribution < 1.29 is 14.3 Å². The molecule has 0 aliphatic heterocycles. The van der Waals surface area contributed by atoms with Crippen molar-refractivity contribution in [3.05, 3.63) is 65.0 Å². The average molecular weight is 345 g/mol. The highest BCUT2D eigenvalue weighted by Gasteiger charge is 2.13. The van der Waals surface area contributed by atoms with E-state index in [1.165, 1.54) is 12.1 Å². The Morgan fingerprint density at radius 3 is 2.60 bits per heavy atom. The maximum atomic E-state index is 13.6. The van der Waals surface area contributed by atoms with E-state index in [0.717, 1.165) is 16.8 Å². The molecule has 0 spiro atoms. The fourth-order valence-electron chi connectivity index (χ4n) is 2.52. The van der Waals surface area contributed by atoms with Crippen molar-refractivity contribution in [1.29, 1.82) is 0 Å². The number of carbonyl (C=O) groups is 1. The molecule has 5 nitrogen and oxygen atoms in total. The molecule has 0 aromatic heterocycles. The Morgan fingerprint density at radius 1 is 1.20 bits per heavy atom. The minimum atomic E-state index is -1.09. The van der Waals surface area contributed by atoms with Crippen LogP contribution in [0.5, 0.6) is 0 Å². The molecule has 0 saturated carbocycles. The third kappa shape index (κ3) is 5.19. The molecule has 1 atom stereocenters. The molecule has 0 aliphatic carbocycles. The predicted molar refractivity (Wildman–Crippen MR) is 97.1 cm³/mol. The smallest absolute Gasteiger partial charge is 0.315 e. The van der Waals surface area contributed by atoms with Crippen LogP contribution in [0.4, 0.5) is 14.9 Å². The van der Waals surface area contributed by atoms with Crippen LogP contribution in [-0.4, -0.2) is 31.8 Å². The molecule has 1 unspecified atom stereocenters. The van der Waals surface area contributed by atoms with Crippen LogP contribution < -0.4 is 15.5 Å². The lowest BCUT2D eigenvalue weighted by Crippen LogP contribution is -2.37. The fraction of sp³-hybridized carbons (Fsp3) is 0.316. The van der Waals surface area contributed by atoms with Crippen LogP contribution in [0.3, 0.4) is 0 Å². The number of hydrogen-bond donors (Lipinski definition) is 3. The first-order chi connectivity index (χ1) is 11.9. The van der Waals surface area contributed by atoms with Gasteiger partial charge in [0.1, 0.15) is 5.82 Å². The van der Waals surface area contributed by atoms with E-state index < -0.39 is 18.0 Å². The van der Waals surface area contributed by atoms with Crippen molar-refractivity contribution in [1.82, 2.24) is 10.6 Å². The summed E-state index contributed by atoms with van der Waals surface area (Å²) < 4.78 is 13.6. The highest BCUT2D eigenvalue weighted by Crippen LogP contribution is 2.20. The van der Waals surface area contributed by atoms with Crippen LogP contribution in [0.15, 0.2) is 42.5 Å². The second-order valence-corrected chi connectivity index (χ2v) is 6.13. The molecule has 134 valence electrons. The third-order valence-electron chi connectivity index (χ3n) is 3.88. The minimum Gasteiger partial charge on any atom is -0.386 e.